The number of aryl methyl sites for hydroxylation is 1. The molecule has 1 aromatic carbocycles. The number of nitrogens with one attached hydrogen (secondary N) is 1. The lowest BCUT2D eigenvalue weighted by Gasteiger charge is -2.30. The average Bonchev–Trinajstić information content (AvgIpc) is 3.19. The zero-order valence-electron chi connectivity index (χ0n) is 18.8. The van der Waals surface area contributed by atoms with Crippen LogP contribution < -0.4 is 10.2 Å². The van der Waals surface area contributed by atoms with Crippen molar-refractivity contribution in [2.75, 3.05) is 29.9 Å². The van der Waals surface area contributed by atoms with E-state index in [9.17, 15) is 19.8 Å². The Kier molecular flexibility index (Phi) is 7.03. The van der Waals surface area contributed by atoms with E-state index in [4.69, 9.17) is 4.74 Å². The average molecular weight is 484 g/mol. The maximum absolute atomic E-state index is 12.2. The zero-order chi connectivity index (χ0) is 24.2. The summed E-state index contributed by atoms with van der Waals surface area (Å²) in [6, 6.07) is 8.30. The van der Waals surface area contributed by atoms with E-state index in [1.165, 1.54) is 12.1 Å². The first-order valence-corrected chi connectivity index (χ1v) is 11.7. The fourth-order valence-electron chi connectivity index (χ4n) is 3.61. The fraction of sp³-hybridized carbons (Fsp3) is 0.348. The summed E-state index contributed by atoms with van der Waals surface area (Å²) in [6.07, 6.45) is 0.965. The lowest BCUT2D eigenvalue weighted by molar-refractivity contribution is 0.0530. The van der Waals surface area contributed by atoms with Crippen LogP contribution in [0.1, 0.15) is 45.5 Å². The highest BCUT2D eigenvalue weighted by molar-refractivity contribution is 7.17. The van der Waals surface area contributed by atoms with Gasteiger partial charge in [0.2, 0.25) is 5.95 Å². The number of aromatic carboxylic acids is 1. The van der Waals surface area contributed by atoms with Crippen molar-refractivity contribution in [1.29, 1.82) is 0 Å². The third kappa shape index (κ3) is 5.32. The highest BCUT2D eigenvalue weighted by atomic mass is 32.1. The Hall–Kier alpha value is -3.57. The van der Waals surface area contributed by atoms with Gasteiger partial charge in [-0.15, -0.1) is 0 Å². The number of nitrogens with zero attached hydrogens (tertiary/aromatic N) is 4. The minimum atomic E-state index is -0.999. The standard InChI is InChI=1S/C23H25N5O5S/c1-3-33-21(32)19-13(2)24-23(34-19)27-22-25-17(14-4-6-15(7-5-14)20(30)31)12-18(26-22)28-10-8-16(29)9-11-28/h4-7,12,16,29H,3,8-11H2,1-2H3,(H,30,31)(H,24,25,26,27). The molecule has 1 saturated heterocycles. The minimum Gasteiger partial charge on any atom is -0.478 e. The van der Waals surface area contributed by atoms with Gasteiger partial charge in [0.15, 0.2) is 5.13 Å². The Morgan fingerprint density at radius 1 is 1.18 bits per heavy atom. The van der Waals surface area contributed by atoms with Crippen molar-refractivity contribution >= 4 is 40.2 Å². The number of aromatic nitrogens is 3. The molecule has 34 heavy (non-hydrogen) atoms. The van der Waals surface area contributed by atoms with Crippen molar-refractivity contribution in [3.05, 3.63) is 46.5 Å². The summed E-state index contributed by atoms with van der Waals surface area (Å²) in [6.45, 7) is 5.06. The third-order valence-electron chi connectivity index (χ3n) is 5.40. The third-order valence-corrected chi connectivity index (χ3v) is 6.46. The van der Waals surface area contributed by atoms with Gasteiger partial charge >= 0.3 is 11.9 Å². The number of hydrogen-bond acceptors (Lipinski definition) is 10. The second-order valence-electron chi connectivity index (χ2n) is 7.81. The molecule has 2 aromatic heterocycles. The van der Waals surface area contributed by atoms with Gasteiger partial charge < -0.3 is 19.8 Å². The summed E-state index contributed by atoms with van der Waals surface area (Å²) in [4.78, 5) is 39.5. The smallest absolute Gasteiger partial charge is 0.350 e. The molecular weight excluding hydrogens is 458 g/mol. The second-order valence-corrected chi connectivity index (χ2v) is 8.81. The van der Waals surface area contributed by atoms with Gasteiger partial charge in [0.05, 0.1) is 29.7 Å². The SMILES string of the molecule is CCOC(=O)c1sc(Nc2nc(-c3ccc(C(=O)O)cc3)cc(N3CCC(O)CC3)n2)nc1C. The molecule has 178 valence electrons. The summed E-state index contributed by atoms with van der Waals surface area (Å²) < 4.78 is 5.09. The number of aliphatic hydroxyl groups is 1. The predicted octanol–water partition coefficient (Wildman–Crippen LogP) is 3.49. The molecule has 0 spiro atoms. The monoisotopic (exact) mass is 483 g/mol. The lowest BCUT2D eigenvalue weighted by atomic mass is 10.1. The maximum atomic E-state index is 12.2. The molecule has 1 aliphatic heterocycles. The highest BCUT2D eigenvalue weighted by Crippen LogP contribution is 2.29. The number of ether oxygens (including phenoxy) is 1. The Labute approximate surface area is 200 Å². The van der Waals surface area contributed by atoms with Crippen LogP contribution in [0.2, 0.25) is 0 Å². The molecule has 0 unspecified atom stereocenters. The number of thiazole rings is 1. The molecule has 3 aromatic rings. The van der Waals surface area contributed by atoms with E-state index in [-0.39, 0.29) is 18.3 Å². The molecule has 3 N–H and O–H groups in total. The first-order valence-electron chi connectivity index (χ1n) is 10.9. The van der Waals surface area contributed by atoms with Crippen LogP contribution in [0.4, 0.5) is 16.9 Å². The van der Waals surface area contributed by atoms with Gasteiger partial charge in [-0.1, -0.05) is 23.5 Å². The van der Waals surface area contributed by atoms with Crippen LogP contribution in [0.3, 0.4) is 0 Å². The van der Waals surface area contributed by atoms with E-state index in [1.54, 1.807) is 26.0 Å². The molecular formula is C23H25N5O5S. The van der Waals surface area contributed by atoms with Gasteiger partial charge in [-0.2, -0.15) is 4.98 Å². The summed E-state index contributed by atoms with van der Waals surface area (Å²) in [7, 11) is 0. The van der Waals surface area contributed by atoms with Crippen molar-refractivity contribution in [2.45, 2.75) is 32.8 Å². The van der Waals surface area contributed by atoms with Crippen LogP contribution in [0.5, 0.6) is 0 Å². The number of carbonyl (C=O) groups excluding carboxylic acids is 1. The largest absolute Gasteiger partial charge is 0.478 e. The van der Waals surface area contributed by atoms with Crippen molar-refractivity contribution in [3.63, 3.8) is 0 Å². The molecule has 0 amide bonds. The van der Waals surface area contributed by atoms with Gasteiger partial charge in [-0.25, -0.2) is 19.6 Å². The van der Waals surface area contributed by atoms with E-state index in [2.05, 4.69) is 25.2 Å². The van der Waals surface area contributed by atoms with Gasteiger partial charge in [0, 0.05) is 24.7 Å². The zero-order valence-corrected chi connectivity index (χ0v) is 19.6. The van der Waals surface area contributed by atoms with Crippen LogP contribution in [0, 0.1) is 6.92 Å². The summed E-state index contributed by atoms with van der Waals surface area (Å²) in [5.41, 5.74) is 2.08. The molecule has 3 heterocycles. The van der Waals surface area contributed by atoms with Crippen LogP contribution >= 0.6 is 11.3 Å². The number of carboxylic acid groups (broad SMARTS) is 1. The highest BCUT2D eigenvalue weighted by Gasteiger charge is 2.21. The number of anilines is 3. The molecule has 0 atom stereocenters. The lowest BCUT2D eigenvalue weighted by Crippen LogP contribution is -2.36. The number of carbonyl (C=O) groups is 2. The van der Waals surface area contributed by atoms with E-state index in [1.807, 2.05) is 6.07 Å². The normalized spacial score (nSPS) is 14.1. The molecule has 1 aliphatic rings. The van der Waals surface area contributed by atoms with E-state index < -0.39 is 11.9 Å². The molecule has 10 nitrogen and oxygen atoms in total. The number of rotatable bonds is 7. The summed E-state index contributed by atoms with van der Waals surface area (Å²) in [5.74, 6) is -0.447. The maximum Gasteiger partial charge on any atom is 0.350 e. The Balaban J connectivity index is 1.68. The van der Waals surface area contributed by atoms with E-state index in [0.29, 0.717) is 59.1 Å². The predicted molar refractivity (Wildman–Crippen MR) is 128 cm³/mol. The first kappa shape index (κ1) is 23.6. The summed E-state index contributed by atoms with van der Waals surface area (Å²) >= 11 is 1.16. The van der Waals surface area contributed by atoms with Gasteiger partial charge in [-0.3, -0.25) is 5.32 Å². The fourth-order valence-corrected chi connectivity index (χ4v) is 4.46. The molecule has 1 fully saturated rings. The van der Waals surface area contributed by atoms with E-state index in [0.717, 1.165) is 16.9 Å². The van der Waals surface area contributed by atoms with Crippen molar-refractivity contribution in [3.8, 4) is 11.3 Å². The Morgan fingerprint density at radius 2 is 1.88 bits per heavy atom. The van der Waals surface area contributed by atoms with Crippen molar-refractivity contribution in [2.24, 2.45) is 0 Å². The number of hydrogen-bond donors (Lipinski definition) is 3. The molecule has 0 aliphatic carbocycles. The quantitative estimate of drug-likeness (QED) is 0.428. The summed E-state index contributed by atoms with van der Waals surface area (Å²) in [5, 5.41) is 22.6. The number of aliphatic hydroxyl groups excluding tert-OH is 1. The topological polar surface area (TPSA) is 138 Å². The Bertz CT molecular complexity index is 1190. The molecule has 11 heteroatoms. The van der Waals surface area contributed by atoms with Gasteiger partial charge in [0.25, 0.3) is 0 Å². The van der Waals surface area contributed by atoms with Gasteiger partial charge in [-0.05, 0) is 38.8 Å². The van der Waals surface area contributed by atoms with Crippen LogP contribution in [-0.4, -0.2) is 62.9 Å². The number of piperidine rings is 1. The van der Waals surface area contributed by atoms with E-state index >= 15 is 0 Å². The molecule has 4 rings (SSSR count). The van der Waals surface area contributed by atoms with Crippen molar-refractivity contribution in [1.82, 2.24) is 15.0 Å². The number of carboxylic acids is 1. The van der Waals surface area contributed by atoms with Crippen LogP contribution in [0.15, 0.2) is 30.3 Å². The van der Waals surface area contributed by atoms with Crippen LogP contribution in [0.25, 0.3) is 11.3 Å². The second kappa shape index (κ2) is 10.1. The van der Waals surface area contributed by atoms with Crippen LogP contribution in [-0.2, 0) is 4.74 Å². The first-order chi connectivity index (χ1) is 16.3. The number of benzene rings is 1. The van der Waals surface area contributed by atoms with Crippen molar-refractivity contribution < 1.29 is 24.5 Å². The molecule has 0 saturated carbocycles. The minimum absolute atomic E-state index is 0.186. The van der Waals surface area contributed by atoms with Gasteiger partial charge in [0.1, 0.15) is 10.7 Å². The number of esters is 1. The Morgan fingerprint density at radius 3 is 2.53 bits per heavy atom. The molecule has 0 bridgehead atoms. The molecule has 0 radical (unpaired) electrons.